The average molecular weight is 250 g/mol. The summed E-state index contributed by atoms with van der Waals surface area (Å²) in [4.78, 5) is 6.98. The number of hydrogen-bond acceptors (Lipinski definition) is 3. The summed E-state index contributed by atoms with van der Waals surface area (Å²) < 4.78 is 2.08. The van der Waals surface area contributed by atoms with Gasteiger partial charge in [0.25, 0.3) is 0 Å². The molecule has 4 nitrogen and oxygen atoms in total. The van der Waals surface area contributed by atoms with Crippen molar-refractivity contribution in [3.05, 3.63) is 18.2 Å². The predicted molar refractivity (Wildman–Crippen MR) is 74.3 cm³/mol. The van der Waals surface area contributed by atoms with E-state index < -0.39 is 0 Å². The van der Waals surface area contributed by atoms with E-state index in [1.807, 2.05) is 19.4 Å². The van der Waals surface area contributed by atoms with Gasteiger partial charge in [0.1, 0.15) is 5.82 Å². The van der Waals surface area contributed by atoms with Crippen LogP contribution in [0, 0.1) is 5.92 Å². The van der Waals surface area contributed by atoms with Crippen molar-refractivity contribution in [3.8, 4) is 0 Å². The zero-order valence-electron chi connectivity index (χ0n) is 11.9. The molecule has 0 aliphatic carbocycles. The molecular formula is C14H26N4. The molecule has 1 aromatic heterocycles. The lowest BCUT2D eigenvalue weighted by molar-refractivity contribution is 0.186. The van der Waals surface area contributed by atoms with Crippen LogP contribution in [0.15, 0.2) is 12.4 Å². The van der Waals surface area contributed by atoms with Crippen molar-refractivity contribution in [2.24, 2.45) is 13.0 Å². The van der Waals surface area contributed by atoms with E-state index >= 15 is 0 Å². The Labute approximate surface area is 110 Å². The highest BCUT2D eigenvalue weighted by molar-refractivity contribution is 4.91. The van der Waals surface area contributed by atoms with Crippen LogP contribution in [-0.2, 0) is 13.6 Å². The number of aryl methyl sites for hydroxylation is 1. The van der Waals surface area contributed by atoms with Gasteiger partial charge in [-0.05, 0) is 31.8 Å². The second-order valence-corrected chi connectivity index (χ2v) is 5.64. The molecule has 2 rings (SSSR count). The first-order chi connectivity index (χ1) is 8.68. The van der Waals surface area contributed by atoms with Crippen molar-refractivity contribution in [2.45, 2.75) is 39.3 Å². The molecule has 1 atom stereocenters. The maximum atomic E-state index is 4.34. The van der Waals surface area contributed by atoms with Crippen molar-refractivity contribution in [3.63, 3.8) is 0 Å². The highest BCUT2D eigenvalue weighted by atomic mass is 15.2. The van der Waals surface area contributed by atoms with Crippen LogP contribution >= 0.6 is 0 Å². The lowest BCUT2D eigenvalue weighted by Gasteiger charge is -2.31. The largest absolute Gasteiger partial charge is 0.337 e. The van der Waals surface area contributed by atoms with Gasteiger partial charge in [-0.25, -0.2) is 4.98 Å². The highest BCUT2D eigenvalue weighted by Crippen LogP contribution is 2.17. The normalized spacial score (nSPS) is 18.7. The molecule has 0 radical (unpaired) electrons. The molecule has 1 fully saturated rings. The minimum atomic E-state index is 0.660. The Kier molecular flexibility index (Phi) is 4.78. The van der Waals surface area contributed by atoms with Crippen molar-refractivity contribution in [1.29, 1.82) is 0 Å². The summed E-state index contributed by atoms with van der Waals surface area (Å²) in [5.41, 5.74) is 0. The van der Waals surface area contributed by atoms with Crippen LogP contribution in [0.5, 0.6) is 0 Å². The van der Waals surface area contributed by atoms with Gasteiger partial charge >= 0.3 is 0 Å². The summed E-state index contributed by atoms with van der Waals surface area (Å²) in [6.45, 7) is 9.11. The van der Waals surface area contributed by atoms with E-state index in [0.29, 0.717) is 12.0 Å². The fourth-order valence-electron chi connectivity index (χ4n) is 2.76. The minimum Gasteiger partial charge on any atom is -0.337 e. The molecular weight excluding hydrogens is 224 g/mol. The van der Waals surface area contributed by atoms with Crippen LogP contribution < -0.4 is 5.32 Å². The van der Waals surface area contributed by atoms with Crippen LogP contribution in [0.2, 0.25) is 0 Å². The van der Waals surface area contributed by atoms with E-state index in [-0.39, 0.29) is 0 Å². The molecule has 0 amide bonds. The molecule has 1 aliphatic rings. The Balaban J connectivity index is 1.80. The summed E-state index contributed by atoms with van der Waals surface area (Å²) in [6.07, 6.45) is 6.58. The van der Waals surface area contributed by atoms with Crippen LogP contribution in [-0.4, -0.2) is 40.1 Å². The molecule has 1 unspecified atom stereocenters. The fraction of sp³-hybridized carbons (Fsp3) is 0.786. The van der Waals surface area contributed by atoms with Gasteiger partial charge in [-0.15, -0.1) is 0 Å². The van der Waals surface area contributed by atoms with Crippen LogP contribution in [0.1, 0.15) is 32.5 Å². The Morgan fingerprint density at radius 2 is 2.06 bits per heavy atom. The van der Waals surface area contributed by atoms with Gasteiger partial charge in [0.15, 0.2) is 0 Å². The third-order valence-corrected chi connectivity index (χ3v) is 3.94. The molecule has 1 aromatic rings. The Hall–Kier alpha value is -0.870. The quantitative estimate of drug-likeness (QED) is 0.833. The summed E-state index contributed by atoms with van der Waals surface area (Å²) in [5, 5.41) is 3.56. The first-order valence-electron chi connectivity index (χ1n) is 7.09. The number of likely N-dealkylation sites (tertiary alicyclic amines) is 1. The van der Waals surface area contributed by atoms with E-state index in [2.05, 4.69) is 33.6 Å². The smallest absolute Gasteiger partial charge is 0.122 e. The molecule has 1 saturated heterocycles. The van der Waals surface area contributed by atoms with Crippen LogP contribution in [0.25, 0.3) is 0 Å². The average Bonchev–Trinajstić information content (AvgIpc) is 2.96. The summed E-state index contributed by atoms with van der Waals surface area (Å²) in [7, 11) is 2.05. The summed E-state index contributed by atoms with van der Waals surface area (Å²) >= 11 is 0. The van der Waals surface area contributed by atoms with E-state index in [1.165, 1.54) is 25.9 Å². The molecule has 18 heavy (non-hydrogen) atoms. The third kappa shape index (κ3) is 3.33. The molecule has 4 heteroatoms. The number of rotatable bonds is 6. The number of aromatic nitrogens is 2. The number of nitrogens with one attached hydrogen (secondary N) is 1. The van der Waals surface area contributed by atoms with Crippen molar-refractivity contribution in [2.75, 3.05) is 19.6 Å². The molecule has 0 aromatic carbocycles. The van der Waals surface area contributed by atoms with Crippen LogP contribution in [0.3, 0.4) is 0 Å². The molecule has 1 aliphatic heterocycles. The van der Waals surface area contributed by atoms with Gasteiger partial charge in [-0.3, -0.25) is 4.90 Å². The van der Waals surface area contributed by atoms with Crippen molar-refractivity contribution < 1.29 is 0 Å². The molecule has 1 N–H and O–H groups in total. The number of nitrogens with zero attached hydrogens (tertiary/aromatic N) is 3. The van der Waals surface area contributed by atoms with E-state index in [0.717, 1.165) is 18.9 Å². The predicted octanol–water partition coefficient (Wildman–Crippen LogP) is 1.63. The zero-order valence-corrected chi connectivity index (χ0v) is 11.9. The topological polar surface area (TPSA) is 33.1 Å². The number of imidazole rings is 1. The first kappa shape index (κ1) is 13.6. The van der Waals surface area contributed by atoms with Crippen molar-refractivity contribution >= 4 is 0 Å². The highest BCUT2D eigenvalue weighted by Gasteiger charge is 2.24. The summed E-state index contributed by atoms with van der Waals surface area (Å²) in [5.74, 6) is 1.82. The molecule has 0 spiro atoms. The second-order valence-electron chi connectivity index (χ2n) is 5.64. The SMILES string of the molecule is CC(C)C(CNCc1nccn1C)N1CCCC1. The fourth-order valence-corrected chi connectivity index (χ4v) is 2.76. The maximum absolute atomic E-state index is 4.34. The second kappa shape index (κ2) is 6.34. The Morgan fingerprint density at radius 3 is 2.61 bits per heavy atom. The molecule has 0 bridgehead atoms. The zero-order chi connectivity index (χ0) is 13.0. The standard InChI is InChI=1S/C14H26N4/c1-12(2)13(18-7-4-5-8-18)10-15-11-14-16-6-9-17(14)3/h6,9,12-13,15H,4-5,7-8,10-11H2,1-3H3. The van der Waals surface area contributed by atoms with Gasteiger partial charge < -0.3 is 9.88 Å². The molecule has 0 saturated carbocycles. The van der Waals surface area contributed by atoms with Gasteiger partial charge in [0, 0.05) is 32.0 Å². The monoisotopic (exact) mass is 250 g/mol. The van der Waals surface area contributed by atoms with Gasteiger partial charge in [-0.2, -0.15) is 0 Å². The lowest BCUT2D eigenvalue weighted by atomic mass is 10.0. The summed E-state index contributed by atoms with van der Waals surface area (Å²) in [6, 6.07) is 0.660. The van der Waals surface area contributed by atoms with Crippen molar-refractivity contribution in [1.82, 2.24) is 19.8 Å². The van der Waals surface area contributed by atoms with E-state index in [9.17, 15) is 0 Å². The van der Waals surface area contributed by atoms with Crippen LogP contribution in [0.4, 0.5) is 0 Å². The molecule has 2 heterocycles. The van der Waals surface area contributed by atoms with Gasteiger partial charge in [0.05, 0.1) is 6.54 Å². The first-order valence-corrected chi connectivity index (χ1v) is 7.09. The van der Waals surface area contributed by atoms with Gasteiger partial charge in [-0.1, -0.05) is 13.8 Å². The maximum Gasteiger partial charge on any atom is 0.122 e. The van der Waals surface area contributed by atoms with E-state index in [4.69, 9.17) is 0 Å². The Bertz CT molecular complexity index is 352. The molecule has 102 valence electrons. The van der Waals surface area contributed by atoms with E-state index in [1.54, 1.807) is 0 Å². The lowest BCUT2D eigenvalue weighted by Crippen LogP contribution is -2.44. The Morgan fingerprint density at radius 1 is 1.33 bits per heavy atom. The minimum absolute atomic E-state index is 0.660. The third-order valence-electron chi connectivity index (χ3n) is 3.94. The van der Waals surface area contributed by atoms with Gasteiger partial charge in [0.2, 0.25) is 0 Å². The number of hydrogen-bond donors (Lipinski definition) is 1.